The van der Waals surface area contributed by atoms with E-state index >= 15 is 0 Å². The summed E-state index contributed by atoms with van der Waals surface area (Å²) in [5.74, 6) is 0.00751. The molecule has 0 N–H and O–H groups in total. The molecule has 1 heterocycles. The molecule has 118 valence electrons. The normalized spacial score (nSPS) is 20.6. The van der Waals surface area contributed by atoms with Crippen molar-refractivity contribution < 1.29 is 13.2 Å². The topological polar surface area (TPSA) is 54.5 Å². The number of carbonyl (C=O) groups is 1. The average molecular weight is 348 g/mol. The summed E-state index contributed by atoms with van der Waals surface area (Å²) in [6.45, 7) is 0.363. The van der Waals surface area contributed by atoms with Gasteiger partial charge in [-0.15, -0.1) is 0 Å². The van der Waals surface area contributed by atoms with E-state index in [1.807, 2.05) is 12.1 Å². The zero-order chi connectivity index (χ0) is 16.2. The fourth-order valence-electron chi connectivity index (χ4n) is 3.56. The van der Waals surface area contributed by atoms with Crippen molar-refractivity contribution in [2.45, 2.75) is 23.8 Å². The standard InChI is InChI=1S/C17H14ClNO3S/c18-13-6-1-2-7-16(13)23(21,22)19-9-8-11-4-3-5-12-15(20)10-14(19)17(11)12/h1-7,14H,8-10H2. The molecule has 0 saturated carbocycles. The van der Waals surface area contributed by atoms with E-state index in [4.69, 9.17) is 11.6 Å². The summed E-state index contributed by atoms with van der Waals surface area (Å²) in [5.41, 5.74) is 2.61. The number of ketones is 1. The first-order valence-electron chi connectivity index (χ1n) is 7.41. The lowest BCUT2D eigenvalue weighted by Crippen LogP contribution is -2.39. The highest BCUT2D eigenvalue weighted by molar-refractivity contribution is 7.89. The highest BCUT2D eigenvalue weighted by Gasteiger charge is 2.43. The molecule has 2 aromatic rings. The summed E-state index contributed by atoms with van der Waals surface area (Å²) >= 11 is 6.09. The molecular formula is C17H14ClNO3S. The van der Waals surface area contributed by atoms with E-state index < -0.39 is 16.1 Å². The zero-order valence-electron chi connectivity index (χ0n) is 12.2. The van der Waals surface area contributed by atoms with Gasteiger partial charge < -0.3 is 0 Å². The number of hydrogen-bond donors (Lipinski definition) is 0. The van der Waals surface area contributed by atoms with E-state index in [1.54, 1.807) is 24.3 Å². The Bertz CT molecular complexity index is 923. The molecule has 0 radical (unpaired) electrons. The van der Waals surface area contributed by atoms with Crippen LogP contribution in [0.4, 0.5) is 0 Å². The molecule has 2 aromatic carbocycles. The van der Waals surface area contributed by atoms with Crippen LogP contribution in [0.2, 0.25) is 5.02 Å². The largest absolute Gasteiger partial charge is 0.294 e. The summed E-state index contributed by atoms with van der Waals surface area (Å²) in [6, 6.07) is 11.6. The second-order valence-electron chi connectivity index (χ2n) is 5.82. The number of benzene rings is 2. The van der Waals surface area contributed by atoms with Gasteiger partial charge in [-0.25, -0.2) is 8.42 Å². The Labute approximate surface area is 139 Å². The van der Waals surface area contributed by atoms with Gasteiger partial charge in [0, 0.05) is 18.5 Å². The van der Waals surface area contributed by atoms with Gasteiger partial charge in [-0.2, -0.15) is 4.31 Å². The first-order chi connectivity index (χ1) is 11.0. The molecular weight excluding hydrogens is 334 g/mol. The van der Waals surface area contributed by atoms with Crippen molar-refractivity contribution in [1.82, 2.24) is 4.31 Å². The molecule has 0 spiro atoms. The number of hydrogen-bond acceptors (Lipinski definition) is 3. The Morgan fingerprint density at radius 1 is 1.09 bits per heavy atom. The summed E-state index contributed by atoms with van der Waals surface area (Å²) in [7, 11) is -3.74. The minimum atomic E-state index is -3.74. The molecule has 0 aromatic heterocycles. The van der Waals surface area contributed by atoms with E-state index in [2.05, 4.69) is 0 Å². The molecule has 6 heteroatoms. The van der Waals surface area contributed by atoms with Crippen molar-refractivity contribution in [1.29, 1.82) is 0 Å². The zero-order valence-corrected chi connectivity index (χ0v) is 13.8. The van der Waals surface area contributed by atoms with E-state index in [0.717, 1.165) is 11.1 Å². The quantitative estimate of drug-likeness (QED) is 0.838. The molecule has 0 bridgehead atoms. The average Bonchev–Trinajstić information content (AvgIpc) is 2.86. The van der Waals surface area contributed by atoms with Gasteiger partial charge in [0.2, 0.25) is 10.0 Å². The summed E-state index contributed by atoms with van der Waals surface area (Å²) < 4.78 is 27.5. The van der Waals surface area contributed by atoms with E-state index in [9.17, 15) is 13.2 Å². The molecule has 1 atom stereocenters. The SMILES string of the molecule is O=C1CC2c3c(cccc31)CCN2S(=O)(=O)c1ccccc1Cl. The number of sulfonamides is 1. The third-order valence-electron chi connectivity index (χ3n) is 4.58. The second-order valence-corrected chi connectivity index (χ2v) is 8.08. The fraction of sp³-hybridized carbons (Fsp3) is 0.235. The Balaban J connectivity index is 1.84. The highest BCUT2D eigenvalue weighted by Crippen LogP contribution is 2.44. The van der Waals surface area contributed by atoms with Crippen LogP contribution < -0.4 is 0 Å². The maximum atomic E-state index is 13.0. The Morgan fingerprint density at radius 2 is 1.87 bits per heavy atom. The third-order valence-corrected chi connectivity index (χ3v) is 6.99. The molecule has 1 aliphatic heterocycles. The van der Waals surface area contributed by atoms with Crippen molar-refractivity contribution >= 4 is 27.4 Å². The fourth-order valence-corrected chi connectivity index (χ4v) is 5.65. The van der Waals surface area contributed by atoms with Gasteiger partial charge in [0.1, 0.15) is 4.90 Å². The van der Waals surface area contributed by atoms with Crippen LogP contribution in [0.5, 0.6) is 0 Å². The van der Waals surface area contributed by atoms with Crippen LogP contribution in [-0.2, 0) is 16.4 Å². The first-order valence-corrected chi connectivity index (χ1v) is 9.23. The van der Waals surface area contributed by atoms with Crippen LogP contribution in [0, 0.1) is 0 Å². The lowest BCUT2D eigenvalue weighted by atomic mass is 9.95. The third kappa shape index (κ3) is 2.15. The van der Waals surface area contributed by atoms with Gasteiger partial charge in [-0.05, 0) is 29.7 Å². The molecule has 1 aliphatic carbocycles. The van der Waals surface area contributed by atoms with Crippen LogP contribution in [0.3, 0.4) is 0 Å². The van der Waals surface area contributed by atoms with E-state index in [0.29, 0.717) is 18.5 Å². The smallest absolute Gasteiger partial charge is 0.245 e. The molecule has 1 unspecified atom stereocenters. The molecule has 4 nitrogen and oxygen atoms in total. The number of carbonyl (C=O) groups excluding carboxylic acids is 1. The lowest BCUT2D eigenvalue weighted by Gasteiger charge is -2.33. The van der Waals surface area contributed by atoms with Crippen molar-refractivity contribution in [2.75, 3.05) is 6.54 Å². The van der Waals surface area contributed by atoms with Crippen molar-refractivity contribution in [2.24, 2.45) is 0 Å². The van der Waals surface area contributed by atoms with Crippen LogP contribution >= 0.6 is 11.6 Å². The van der Waals surface area contributed by atoms with Gasteiger partial charge >= 0.3 is 0 Å². The molecule has 23 heavy (non-hydrogen) atoms. The lowest BCUT2D eigenvalue weighted by molar-refractivity contribution is 0.0975. The monoisotopic (exact) mass is 347 g/mol. The number of nitrogens with zero attached hydrogens (tertiary/aromatic N) is 1. The van der Waals surface area contributed by atoms with Crippen molar-refractivity contribution in [3.05, 3.63) is 64.2 Å². The molecule has 0 fully saturated rings. The number of rotatable bonds is 2. The molecule has 0 saturated heterocycles. The number of halogens is 1. The van der Waals surface area contributed by atoms with Crippen molar-refractivity contribution in [3.63, 3.8) is 0 Å². The van der Waals surface area contributed by atoms with Gasteiger partial charge in [-0.1, -0.05) is 41.9 Å². The number of Topliss-reactive ketones (excluding diaryl/α,β-unsaturated/α-hetero) is 1. The minimum Gasteiger partial charge on any atom is -0.294 e. The predicted molar refractivity (Wildman–Crippen MR) is 87.2 cm³/mol. The van der Waals surface area contributed by atoms with Gasteiger partial charge in [-0.3, -0.25) is 4.79 Å². The molecule has 2 aliphatic rings. The second kappa shape index (κ2) is 5.16. The Hall–Kier alpha value is -1.69. The van der Waals surface area contributed by atoms with Gasteiger partial charge in [0.25, 0.3) is 0 Å². The van der Waals surface area contributed by atoms with E-state index in [1.165, 1.54) is 10.4 Å². The Morgan fingerprint density at radius 3 is 2.65 bits per heavy atom. The van der Waals surface area contributed by atoms with Gasteiger partial charge in [0.05, 0.1) is 11.1 Å². The summed E-state index contributed by atoms with van der Waals surface area (Å²) in [5, 5.41) is 0.205. The maximum absolute atomic E-state index is 13.0. The van der Waals surface area contributed by atoms with Crippen LogP contribution in [0.25, 0.3) is 0 Å². The molecule has 0 amide bonds. The van der Waals surface area contributed by atoms with Crippen LogP contribution in [0.1, 0.15) is 33.9 Å². The van der Waals surface area contributed by atoms with Gasteiger partial charge in [0.15, 0.2) is 5.78 Å². The van der Waals surface area contributed by atoms with Crippen molar-refractivity contribution in [3.8, 4) is 0 Å². The maximum Gasteiger partial charge on any atom is 0.245 e. The minimum absolute atomic E-state index is 0.00751. The predicted octanol–water partition coefficient (Wildman–Crippen LogP) is 3.21. The Kier molecular flexibility index (Phi) is 3.34. The summed E-state index contributed by atoms with van der Waals surface area (Å²) in [6.07, 6.45) is 0.812. The van der Waals surface area contributed by atoms with Crippen LogP contribution in [-0.4, -0.2) is 25.1 Å². The first kappa shape index (κ1) is 14.9. The van der Waals surface area contributed by atoms with Crippen LogP contribution in [0.15, 0.2) is 47.4 Å². The highest BCUT2D eigenvalue weighted by atomic mass is 35.5. The molecule has 4 rings (SSSR count). The summed E-state index contributed by atoms with van der Waals surface area (Å²) in [4.78, 5) is 12.3. The van der Waals surface area contributed by atoms with E-state index in [-0.39, 0.29) is 22.1 Å².